The lowest BCUT2D eigenvalue weighted by Crippen LogP contribution is -2.29. The van der Waals surface area contributed by atoms with Gasteiger partial charge >= 0.3 is 0 Å². The van der Waals surface area contributed by atoms with E-state index >= 15 is 0 Å². The highest BCUT2D eigenvalue weighted by Crippen LogP contribution is 2.45. The molecule has 4 nitrogen and oxygen atoms in total. The largest absolute Gasteiger partial charge is 0.354 e. The van der Waals surface area contributed by atoms with E-state index in [2.05, 4.69) is 5.32 Å². The Labute approximate surface area is 148 Å². The molecule has 2 heterocycles. The van der Waals surface area contributed by atoms with Gasteiger partial charge in [-0.3, -0.25) is 9.59 Å². The minimum absolute atomic E-state index is 0.269. The van der Waals surface area contributed by atoms with E-state index in [0.29, 0.717) is 16.8 Å². The van der Waals surface area contributed by atoms with Crippen molar-refractivity contribution in [2.45, 2.75) is 9.79 Å². The van der Waals surface area contributed by atoms with Gasteiger partial charge in [0.25, 0.3) is 11.8 Å². The monoisotopic (exact) mass is 344 g/mol. The number of nitrogens with one attached hydrogen (secondary N) is 1. The molecule has 0 unspecified atom stereocenters. The number of hydrogen-bond donors (Lipinski definition) is 1. The first kappa shape index (κ1) is 14.3. The van der Waals surface area contributed by atoms with Gasteiger partial charge in [-0.15, -0.1) is 0 Å². The molecule has 1 N–H and O–H groups in total. The Balaban J connectivity index is 1.56. The maximum Gasteiger partial charge on any atom is 0.266 e. The number of imide groups is 1. The first-order valence-electron chi connectivity index (χ1n) is 7.88. The van der Waals surface area contributed by atoms with Gasteiger partial charge in [-0.1, -0.05) is 36.0 Å². The van der Waals surface area contributed by atoms with Crippen molar-refractivity contribution in [2.75, 3.05) is 10.2 Å². The highest BCUT2D eigenvalue weighted by atomic mass is 32.2. The predicted octanol–water partition coefficient (Wildman–Crippen LogP) is 4.70. The molecule has 2 aliphatic rings. The highest BCUT2D eigenvalue weighted by molar-refractivity contribution is 7.99. The van der Waals surface area contributed by atoms with E-state index in [0.717, 1.165) is 21.2 Å². The van der Waals surface area contributed by atoms with Crippen molar-refractivity contribution in [3.8, 4) is 0 Å². The number of carbonyl (C=O) groups excluding carboxylic acids is 2. The molecule has 120 valence electrons. The van der Waals surface area contributed by atoms with Gasteiger partial charge in [0.05, 0.1) is 28.2 Å². The van der Waals surface area contributed by atoms with Crippen LogP contribution in [-0.2, 0) is 0 Å². The van der Waals surface area contributed by atoms with Gasteiger partial charge in [-0.2, -0.15) is 0 Å². The molecule has 2 amide bonds. The Bertz CT molecular complexity index is 1030. The number of anilines is 3. The number of benzene rings is 3. The molecule has 0 saturated carbocycles. The molecule has 25 heavy (non-hydrogen) atoms. The molecule has 5 rings (SSSR count). The Morgan fingerprint density at radius 3 is 2.12 bits per heavy atom. The van der Waals surface area contributed by atoms with E-state index in [1.807, 2.05) is 42.5 Å². The van der Waals surface area contributed by atoms with Crippen molar-refractivity contribution in [1.82, 2.24) is 0 Å². The van der Waals surface area contributed by atoms with Crippen molar-refractivity contribution >= 4 is 40.6 Å². The number of nitrogens with zero attached hydrogens (tertiary/aromatic N) is 1. The normalized spacial score (nSPS) is 14.6. The fourth-order valence-electron chi connectivity index (χ4n) is 3.18. The summed E-state index contributed by atoms with van der Waals surface area (Å²) in [6.45, 7) is 0. The molecule has 3 aromatic rings. The van der Waals surface area contributed by atoms with Gasteiger partial charge < -0.3 is 5.32 Å². The second kappa shape index (κ2) is 5.22. The Morgan fingerprint density at radius 1 is 0.720 bits per heavy atom. The van der Waals surface area contributed by atoms with Crippen LogP contribution >= 0.6 is 11.8 Å². The summed E-state index contributed by atoms with van der Waals surface area (Å²) < 4.78 is 0. The quantitative estimate of drug-likeness (QED) is 0.509. The van der Waals surface area contributed by atoms with E-state index in [1.165, 1.54) is 4.90 Å². The molecule has 0 aliphatic carbocycles. The van der Waals surface area contributed by atoms with E-state index in [4.69, 9.17) is 0 Å². The van der Waals surface area contributed by atoms with Crippen molar-refractivity contribution in [3.63, 3.8) is 0 Å². The fraction of sp³-hybridized carbons (Fsp3) is 0. The number of fused-ring (bicyclic) bond motifs is 3. The first-order valence-corrected chi connectivity index (χ1v) is 8.70. The SMILES string of the molecule is O=C1c2ccccc2C(=O)N1c1ccc2c(c1)Sc1ccccc1N2. The maximum atomic E-state index is 12.7. The van der Waals surface area contributed by atoms with Crippen LogP contribution in [0.3, 0.4) is 0 Å². The summed E-state index contributed by atoms with van der Waals surface area (Å²) >= 11 is 1.63. The van der Waals surface area contributed by atoms with Crippen molar-refractivity contribution in [1.29, 1.82) is 0 Å². The molecule has 0 spiro atoms. The lowest BCUT2D eigenvalue weighted by Gasteiger charge is -2.22. The molecule has 0 atom stereocenters. The number of para-hydroxylation sites is 1. The molecular formula is C20H12N2O2S. The van der Waals surface area contributed by atoms with Gasteiger partial charge in [-0.25, -0.2) is 4.90 Å². The van der Waals surface area contributed by atoms with Crippen LogP contribution in [0.15, 0.2) is 76.5 Å². The molecule has 0 aromatic heterocycles. The minimum Gasteiger partial charge on any atom is -0.354 e. The van der Waals surface area contributed by atoms with Gasteiger partial charge in [0.15, 0.2) is 0 Å². The van der Waals surface area contributed by atoms with Gasteiger partial charge in [-0.05, 0) is 42.5 Å². The van der Waals surface area contributed by atoms with Crippen LogP contribution in [0.1, 0.15) is 20.7 Å². The zero-order valence-corrected chi connectivity index (χ0v) is 13.8. The molecule has 5 heteroatoms. The summed E-state index contributed by atoms with van der Waals surface area (Å²) in [5.41, 5.74) is 3.55. The second-order valence-corrected chi connectivity index (χ2v) is 6.98. The topological polar surface area (TPSA) is 49.4 Å². The van der Waals surface area contributed by atoms with Crippen molar-refractivity contribution < 1.29 is 9.59 Å². The number of rotatable bonds is 1. The summed E-state index contributed by atoms with van der Waals surface area (Å²) in [5.74, 6) is -0.538. The van der Waals surface area contributed by atoms with Crippen molar-refractivity contribution in [3.05, 3.63) is 77.9 Å². The molecule has 3 aromatic carbocycles. The third-order valence-corrected chi connectivity index (χ3v) is 5.53. The van der Waals surface area contributed by atoms with Crippen LogP contribution in [0.2, 0.25) is 0 Å². The van der Waals surface area contributed by atoms with E-state index in [9.17, 15) is 9.59 Å². The summed E-state index contributed by atoms with van der Waals surface area (Å²) in [6, 6.07) is 20.6. The van der Waals surface area contributed by atoms with Crippen LogP contribution in [0.5, 0.6) is 0 Å². The van der Waals surface area contributed by atoms with Gasteiger partial charge in [0, 0.05) is 9.79 Å². The third-order valence-electron chi connectivity index (χ3n) is 4.39. The van der Waals surface area contributed by atoms with E-state index < -0.39 is 0 Å². The Hall–Kier alpha value is -3.05. The molecule has 0 fully saturated rings. The zero-order chi connectivity index (χ0) is 17.0. The number of hydrogen-bond acceptors (Lipinski definition) is 4. The van der Waals surface area contributed by atoms with Gasteiger partial charge in [0.2, 0.25) is 0 Å². The predicted molar refractivity (Wildman–Crippen MR) is 97.9 cm³/mol. The average molecular weight is 344 g/mol. The lowest BCUT2D eigenvalue weighted by molar-refractivity contribution is 0.0926. The standard InChI is InChI=1S/C20H12N2O2S/c23-19-13-5-1-2-6-14(13)20(24)22(19)12-9-10-16-18(11-12)25-17-8-4-3-7-15(17)21-16/h1-11,21H. The summed E-state index contributed by atoms with van der Waals surface area (Å²) in [5, 5.41) is 3.39. The van der Waals surface area contributed by atoms with Gasteiger partial charge in [0.1, 0.15) is 0 Å². The minimum atomic E-state index is -0.269. The summed E-state index contributed by atoms with van der Waals surface area (Å²) in [4.78, 5) is 28.7. The molecule has 2 aliphatic heterocycles. The fourth-order valence-corrected chi connectivity index (χ4v) is 4.21. The Morgan fingerprint density at radius 2 is 1.36 bits per heavy atom. The van der Waals surface area contributed by atoms with Crippen LogP contribution in [-0.4, -0.2) is 11.8 Å². The van der Waals surface area contributed by atoms with Crippen LogP contribution in [0, 0.1) is 0 Å². The molecular weight excluding hydrogens is 332 g/mol. The second-order valence-electron chi connectivity index (χ2n) is 5.89. The molecule has 0 radical (unpaired) electrons. The lowest BCUT2D eigenvalue weighted by atomic mass is 10.1. The highest BCUT2D eigenvalue weighted by Gasteiger charge is 2.36. The smallest absolute Gasteiger partial charge is 0.266 e. The summed E-state index contributed by atoms with van der Waals surface area (Å²) in [6.07, 6.45) is 0. The van der Waals surface area contributed by atoms with E-state index in [-0.39, 0.29) is 11.8 Å². The first-order chi connectivity index (χ1) is 12.2. The third kappa shape index (κ3) is 2.09. The molecule has 0 bridgehead atoms. The Kier molecular flexibility index (Phi) is 2.99. The van der Waals surface area contributed by atoms with Crippen LogP contribution in [0.4, 0.5) is 17.1 Å². The van der Waals surface area contributed by atoms with Crippen LogP contribution < -0.4 is 10.2 Å². The zero-order valence-electron chi connectivity index (χ0n) is 13.0. The molecule has 0 saturated heterocycles. The number of amides is 2. The maximum absolute atomic E-state index is 12.7. The van der Waals surface area contributed by atoms with E-state index in [1.54, 1.807) is 36.0 Å². The summed E-state index contributed by atoms with van der Waals surface area (Å²) in [7, 11) is 0. The van der Waals surface area contributed by atoms with Crippen molar-refractivity contribution in [2.24, 2.45) is 0 Å². The number of carbonyl (C=O) groups is 2. The average Bonchev–Trinajstić information content (AvgIpc) is 2.91. The van der Waals surface area contributed by atoms with Crippen LogP contribution in [0.25, 0.3) is 0 Å².